The van der Waals surface area contributed by atoms with E-state index in [2.05, 4.69) is 25.2 Å². The van der Waals surface area contributed by atoms with Crippen LogP contribution in [0.1, 0.15) is 45.4 Å². The molecule has 0 aromatic heterocycles. The molecule has 0 N–H and O–H groups in total. The zero-order valence-electron chi connectivity index (χ0n) is 15.4. The van der Waals surface area contributed by atoms with Crippen LogP contribution in [0.25, 0.3) is 0 Å². The summed E-state index contributed by atoms with van der Waals surface area (Å²) >= 11 is 0. The Morgan fingerprint density at radius 3 is 2.15 bits per heavy atom. The smallest absolute Gasteiger partial charge is 0.269 e. The Labute approximate surface area is 156 Å². The third-order valence-corrected chi connectivity index (χ3v) is 3.09. The molecule has 0 atom stereocenters. The fourth-order valence-corrected chi connectivity index (χ4v) is 1.78. The van der Waals surface area contributed by atoms with Gasteiger partial charge in [-0.2, -0.15) is 0 Å². The molecule has 0 amide bonds. The maximum absolute atomic E-state index is 11.0. The summed E-state index contributed by atoms with van der Waals surface area (Å²) in [5.41, 5.74) is 0.0396. The summed E-state index contributed by atoms with van der Waals surface area (Å²) in [7, 11) is 0. The van der Waals surface area contributed by atoms with E-state index in [0.29, 0.717) is 12.8 Å². The van der Waals surface area contributed by atoms with Crippen LogP contribution in [-0.4, -0.2) is 11.2 Å². The van der Waals surface area contributed by atoms with E-state index >= 15 is 0 Å². The second-order valence-electron chi connectivity index (χ2n) is 5.28. The van der Waals surface area contributed by atoms with Gasteiger partial charge in [0.15, 0.2) is 6.29 Å². The van der Waals surface area contributed by atoms with Gasteiger partial charge in [0, 0.05) is 18.6 Å². The van der Waals surface area contributed by atoms with Gasteiger partial charge in [-0.15, -0.1) is 0 Å². The first-order chi connectivity index (χ1) is 12.7. The largest absolute Gasteiger partial charge is 0.291 e. The Morgan fingerprint density at radius 1 is 0.885 bits per heavy atom. The first-order valence-corrected chi connectivity index (χ1v) is 8.86. The molecule has 0 aliphatic rings. The molecule has 0 bridgehead atoms. The predicted octanol–water partition coefficient (Wildman–Crippen LogP) is 5.95. The van der Waals surface area contributed by atoms with Gasteiger partial charge in [-0.3, -0.25) is 14.9 Å². The third kappa shape index (κ3) is 16.1. The molecule has 0 rings (SSSR count). The van der Waals surface area contributed by atoms with Crippen LogP contribution in [0.3, 0.4) is 0 Å². The summed E-state index contributed by atoms with van der Waals surface area (Å²) in [5.74, 6) is 0. The Hall–Kier alpha value is -2.75. The minimum absolute atomic E-state index is 0.0396. The van der Waals surface area contributed by atoms with Crippen molar-refractivity contribution in [2.45, 2.75) is 45.4 Å². The van der Waals surface area contributed by atoms with Crippen molar-refractivity contribution in [1.82, 2.24) is 0 Å². The Morgan fingerprint density at radius 2 is 1.50 bits per heavy atom. The van der Waals surface area contributed by atoms with Crippen molar-refractivity contribution in [1.29, 1.82) is 0 Å². The molecule has 0 heterocycles. The highest BCUT2D eigenvalue weighted by Crippen LogP contribution is 2.01. The minimum atomic E-state index is -0.407. The lowest BCUT2D eigenvalue weighted by Crippen LogP contribution is -1.94. The van der Waals surface area contributed by atoms with Crippen LogP contribution in [-0.2, 0) is 4.79 Å². The van der Waals surface area contributed by atoms with Gasteiger partial charge >= 0.3 is 0 Å². The van der Waals surface area contributed by atoms with Gasteiger partial charge in [-0.25, -0.2) is 0 Å². The average molecular weight is 354 g/mol. The van der Waals surface area contributed by atoms with Crippen molar-refractivity contribution in [3.8, 4) is 0 Å². The summed E-state index contributed by atoms with van der Waals surface area (Å²) in [6, 6.07) is 0. The number of nitro groups is 1. The van der Waals surface area contributed by atoms with Crippen molar-refractivity contribution < 1.29 is 9.72 Å². The summed E-state index contributed by atoms with van der Waals surface area (Å²) < 4.78 is 0. The first-order valence-electron chi connectivity index (χ1n) is 8.86. The van der Waals surface area contributed by atoms with Gasteiger partial charge in [0.05, 0.1) is 4.92 Å². The second-order valence-corrected chi connectivity index (χ2v) is 5.28. The van der Waals surface area contributed by atoms with Crippen LogP contribution >= 0.6 is 0 Å². The average Bonchev–Trinajstić information content (AvgIpc) is 2.63. The minimum Gasteiger partial charge on any atom is -0.291 e. The standard InChI is InChI=1S/C22H28NO3/c1-2-3-4-5-6-7-10-13-16-19-22(23(25)26)20-17-14-11-8-9-12-15-18-21-24/h3-4,6-7,9,11-14,16-17,19-20H,2,5,8,10,15,18H2,1H3/b4-3-,7-6-,12-9-,14-11-,16-13-,20-17-,22-19+. The fraction of sp³-hybridized carbons (Fsp3) is 0.318. The van der Waals surface area contributed by atoms with E-state index in [4.69, 9.17) is 0 Å². The van der Waals surface area contributed by atoms with E-state index in [1.54, 1.807) is 18.2 Å². The first kappa shape index (κ1) is 23.2. The number of unbranched alkanes of at least 4 members (excludes halogenated alkanes) is 1. The van der Waals surface area contributed by atoms with Gasteiger partial charge in [0.1, 0.15) is 0 Å². The van der Waals surface area contributed by atoms with E-state index in [1.165, 1.54) is 12.2 Å². The van der Waals surface area contributed by atoms with Crippen LogP contribution in [0.15, 0.2) is 84.7 Å². The van der Waals surface area contributed by atoms with Crippen LogP contribution in [0.5, 0.6) is 0 Å². The molecule has 0 fully saturated rings. The number of allylic oxidation sites excluding steroid dienone is 13. The monoisotopic (exact) mass is 354 g/mol. The van der Waals surface area contributed by atoms with Gasteiger partial charge < -0.3 is 0 Å². The molecule has 0 aromatic rings. The summed E-state index contributed by atoms with van der Waals surface area (Å²) in [4.78, 5) is 20.6. The normalized spacial score (nSPS) is 13.5. The number of hydrogen-bond donors (Lipinski definition) is 0. The highest BCUT2D eigenvalue weighted by molar-refractivity contribution is 5.50. The van der Waals surface area contributed by atoms with Crippen molar-refractivity contribution in [3.63, 3.8) is 0 Å². The molecular weight excluding hydrogens is 326 g/mol. The molecule has 0 saturated heterocycles. The maximum Gasteiger partial charge on any atom is 0.269 e. The lowest BCUT2D eigenvalue weighted by atomic mass is 10.2. The SMILES string of the molecule is CC/C=C\C/C=C\C\C=C/C=C(\C=C/C=C\C/C=C\CC[C]=O)[N+](=O)[O-]. The zero-order valence-corrected chi connectivity index (χ0v) is 15.4. The zero-order chi connectivity index (χ0) is 19.3. The van der Waals surface area contributed by atoms with Crippen LogP contribution in [0.4, 0.5) is 0 Å². The topological polar surface area (TPSA) is 60.2 Å². The molecular formula is C22H28NO3. The van der Waals surface area contributed by atoms with Crippen molar-refractivity contribution in [2.24, 2.45) is 0 Å². The van der Waals surface area contributed by atoms with E-state index in [9.17, 15) is 14.9 Å². The Bertz CT molecular complexity index is 591. The van der Waals surface area contributed by atoms with Gasteiger partial charge in [0.25, 0.3) is 5.70 Å². The summed E-state index contributed by atoms with van der Waals surface area (Å²) in [6.45, 7) is 2.10. The summed E-state index contributed by atoms with van der Waals surface area (Å²) in [5, 5.41) is 11.0. The van der Waals surface area contributed by atoms with E-state index in [-0.39, 0.29) is 5.70 Å². The molecule has 4 heteroatoms. The molecule has 0 unspecified atom stereocenters. The number of rotatable bonds is 14. The molecule has 0 saturated carbocycles. The number of carbonyl (C=O) groups excluding carboxylic acids is 1. The van der Waals surface area contributed by atoms with Crippen molar-refractivity contribution >= 4 is 6.29 Å². The van der Waals surface area contributed by atoms with Gasteiger partial charge in [-0.05, 0) is 32.1 Å². The fourth-order valence-electron chi connectivity index (χ4n) is 1.78. The van der Waals surface area contributed by atoms with E-state index < -0.39 is 4.92 Å². The molecule has 0 spiro atoms. The highest BCUT2D eigenvalue weighted by Gasteiger charge is 2.01. The summed E-state index contributed by atoms with van der Waals surface area (Å²) in [6.07, 6.45) is 30.4. The number of nitrogens with zero attached hydrogens (tertiary/aromatic N) is 1. The molecule has 1 radical (unpaired) electrons. The molecule has 0 aliphatic heterocycles. The quantitative estimate of drug-likeness (QED) is 0.127. The van der Waals surface area contributed by atoms with E-state index in [1.807, 2.05) is 36.7 Å². The third-order valence-electron chi connectivity index (χ3n) is 3.09. The van der Waals surface area contributed by atoms with E-state index in [0.717, 1.165) is 25.7 Å². The van der Waals surface area contributed by atoms with Crippen LogP contribution in [0.2, 0.25) is 0 Å². The van der Waals surface area contributed by atoms with Crippen molar-refractivity contribution in [3.05, 3.63) is 94.8 Å². The molecule has 0 aromatic carbocycles. The van der Waals surface area contributed by atoms with Crippen molar-refractivity contribution in [2.75, 3.05) is 0 Å². The van der Waals surface area contributed by atoms with Crippen LogP contribution < -0.4 is 0 Å². The molecule has 26 heavy (non-hydrogen) atoms. The molecule has 0 aliphatic carbocycles. The number of hydrogen-bond acceptors (Lipinski definition) is 3. The Balaban J connectivity index is 4.28. The lowest BCUT2D eigenvalue weighted by molar-refractivity contribution is -0.419. The predicted molar refractivity (Wildman–Crippen MR) is 109 cm³/mol. The van der Waals surface area contributed by atoms with Crippen LogP contribution in [0, 0.1) is 10.1 Å². The van der Waals surface area contributed by atoms with Gasteiger partial charge in [-0.1, -0.05) is 73.8 Å². The lowest BCUT2D eigenvalue weighted by Gasteiger charge is -1.88. The Kier molecular flexibility index (Phi) is 16.6. The maximum atomic E-state index is 11.0. The van der Waals surface area contributed by atoms with Gasteiger partial charge in [0.2, 0.25) is 0 Å². The second kappa shape index (κ2) is 18.6. The molecule has 4 nitrogen and oxygen atoms in total. The highest BCUT2D eigenvalue weighted by atomic mass is 16.6. The molecule has 139 valence electrons.